The predicted octanol–water partition coefficient (Wildman–Crippen LogP) is 2.48. The van der Waals surface area contributed by atoms with Gasteiger partial charge in [-0.25, -0.2) is 0 Å². The van der Waals surface area contributed by atoms with Gasteiger partial charge >= 0.3 is 0 Å². The monoisotopic (exact) mass is 230 g/mol. The standard InChI is InChI=1S/C14H18N2O/c1-15-12(10-16-6-2-3-7-16)8-11-4-5-13(17)9-14(11)15/h4-5,8-9,17H,2-3,6-7,10H2,1H3. The Morgan fingerprint density at radius 3 is 2.71 bits per heavy atom. The molecule has 0 saturated carbocycles. The van der Waals surface area contributed by atoms with Crippen molar-refractivity contribution in [2.24, 2.45) is 7.05 Å². The van der Waals surface area contributed by atoms with Gasteiger partial charge in [0.15, 0.2) is 0 Å². The van der Waals surface area contributed by atoms with Gasteiger partial charge in [-0.15, -0.1) is 0 Å². The lowest BCUT2D eigenvalue weighted by atomic mass is 10.2. The second-order valence-electron chi connectivity index (χ2n) is 4.92. The Morgan fingerprint density at radius 2 is 1.94 bits per heavy atom. The molecule has 0 unspecified atom stereocenters. The lowest BCUT2D eigenvalue weighted by molar-refractivity contribution is 0.324. The Labute approximate surface area is 101 Å². The van der Waals surface area contributed by atoms with E-state index in [1.165, 1.54) is 37.0 Å². The smallest absolute Gasteiger partial charge is 0.117 e. The van der Waals surface area contributed by atoms with E-state index in [9.17, 15) is 5.11 Å². The molecule has 1 N–H and O–H groups in total. The van der Waals surface area contributed by atoms with E-state index in [0.29, 0.717) is 5.75 Å². The number of nitrogens with zero attached hydrogens (tertiary/aromatic N) is 2. The highest BCUT2D eigenvalue weighted by Gasteiger charge is 2.14. The number of aromatic nitrogens is 1. The van der Waals surface area contributed by atoms with E-state index in [4.69, 9.17) is 0 Å². The molecule has 1 fully saturated rings. The molecule has 3 heteroatoms. The average molecular weight is 230 g/mol. The maximum atomic E-state index is 9.52. The fourth-order valence-electron chi connectivity index (χ4n) is 2.70. The number of phenols is 1. The second kappa shape index (κ2) is 4.08. The van der Waals surface area contributed by atoms with E-state index >= 15 is 0 Å². The molecule has 0 aliphatic carbocycles. The molecule has 90 valence electrons. The van der Waals surface area contributed by atoms with E-state index in [-0.39, 0.29) is 0 Å². The molecule has 2 aromatic rings. The molecule has 2 heterocycles. The lowest BCUT2D eigenvalue weighted by Gasteiger charge is -2.14. The van der Waals surface area contributed by atoms with Gasteiger partial charge in [-0.2, -0.15) is 0 Å². The van der Waals surface area contributed by atoms with Gasteiger partial charge in [0.05, 0.1) is 5.52 Å². The Balaban J connectivity index is 1.96. The van der Waals surface area contributed by atoms with Crippen molar-refractivity contribution < 1.29 is 5.11 Å². The van der Waals surface area contributed by atoms with E-state index in [0.717, 1.165) is 12.1 Å². The van der Waals surface area contributed by atoms with Gasteiger partial charge in [0.2, 0.25) is 0 Å². The Hall–Kier alpha value is -1.48. The van der Waals surface area contributed by atoms with E-state index in [1.807, 2.05) is 12.1 Å². The molecule has 1 aromatic heterocycles. The van der Waals surface area contributed by atoms with Crippen molar-refractivity contribution in [1.82, 2.24) is 9.47 Å². The zero-order valence-corrected chi connectivity index (χ0v) is 10.2. The fraction of sp³-hybridized carbons (Fsp3) is 0.429. The second-order valence-corrected chi connectivity index (χ2v) is 4.92. The molecular formula is C14H18N2O. The third-order valence-corrected chi connectivity index (χ3v) is 3.71. The van der Waals surface area contributed by atoms with Gasteiger partial charge in [-0.05, 0) is 44.1 Å². The summed E-state index contributed by atoms with van der Waals surface area (Å²) in [5.41, 5.74) is 2.44. The predicted molar refractivity (Wildman–Crippen MR) is 69.1 cm³/mol. The SMILES string of the molecule is Cn1c(CN2CCCC2)cc2ccc(O)cc21. The van der Waals surface area contributed by atoms with Crippen molar-refractivity contribution >= 4 is 10.9 Å². The number of aryl methyl sites for hydroxylation is 1. The molecule has 0 atom stereocenters. The van der Waals surface area contributed by atoms with Crippen LogP contribution in [0.1, 0.15) is 18.5 Å². The summed E-state index contributed by atoms with van der Waals surface area (Å²) >= 11 is 0. The molecule has 1 aromatic carbocycles. The first kappa shape index (κ1) is 10.7. The summed E-state index contributed by atoms with van der Waals surface area (Å²) in [4.78, 5) is 2.49. The number of fused-ring (bicyclic) bond motifs is 1. The zero-order valence-electron chi connectivity index (χ0n) is 10.2. The van der Waals surface area contributed by atoms with Crippen LogP contribution in [0.3, 0.4) is 0 Å². The number of benzene rings is 1. The number of phenolic OH excluding ortho intramolecular Hbond substituents is 1. The highest BCUT2D eigenvalue weighted by atomic mass is 16.3. The van der Waals surface area contributed by atoms with Crippen molar-refractivity contribution in [3.8, 4) is 5.75 Å². The van der Waals surface area contributed by atoms with Gasteiger partial charge in [0.25, 0.3) is 0 Å². The largest absolute Gasteiger partial charge is 0.508 e. The van der Waals surface area contributed by atoms with Crippen molar-refractivity contribution in [3.63, 3.8) is 0 Å². The number of rotatable bonds is 2. The minimum Gasteiger partial charge on any atom is -0.508 e. The maximum Gasteiger partial charge on any atom is 0.117 e. The van der Waals surface area contributed by atoms with Crippen LogP contribution in [0.15, 0.2) is 24.3 Å². The van der Waals surface area contributed by atoms with Crippen LogP contribution < -0.4 is 0 Å². The topological polar surface area (TPSA) is 28.4 Å². The van der Waals surface area contributed by atoms with Gasteiger partial charge in [-0.3, -0.25) is 4.90 Å². The summed E-state index contributed by atoms with van der Waals surface area (Å²) in [7, 11) is 2.08. The van der Waals surface area contributed by atoms with Crippen LogP contribution in [0.5, 0.6) is 5.75 Å². The zero-order chi connectivity index (χ0) is 11.8. The number of hydrogen-bond acceptors (Lipinski definition) is 2. The minimum atomic E-state index is 0.339. The van der Waals surface area contributed by atoms with Gasteiger partial charge in [0, 0.05) is 30.7 Å². The fourth-order valence-corrected chi connectivity index (χ4v) is 2.70. The Morgan fingerprint density at radius 1 is 1.18 bits per heavy atom. The van der Waals surface area contributed by atoms with Crippen molar-refractivity contribution in [3.05, 3.63) is 30.0 Å². The first-order valence-electron chi connectivity index (χ1n) is 6.24. The van der Waals surface area contributed by atoms with Crippen LogP contribution in [-0.2, 0) is 13.6 Å². The molecule has 1 aliphatic heterocycles. The van der Waals surface area contributed by atoms with Crippen molar-refractivity contribution in [2.45, 2.75) is 19.4 Å². The molecule has 0 bridgehead atoms. The quantitative estimate of drug-likeness (QED) is 0.858. The van der Waals surface area contributed by atoms with Gasteiger partial charge in [0.1, 0.15) is 5.75 Å². The van der Waals surface area contributed by atoms with E-state index < -0.39 is 0 Å². The summed E-state index contributed by atoms with van der Waals surface area (Å²) in [5, 5.41) is 10.7. The molecule has 0 radical (unpaired) electrons. The summed E-state index contributed by atoms with van der Waals surface area (Å²) in [5.74, 6) is 0.339. The summed E-state index contributed by atoms with van der Waals surface area (Å²) < 4.78 is 2.19. The van der Waals surface area contributed by atoms with Crippen LogP contribution in [0.4, 0.5) is 0 Å². The normalized spacial score (nSPS) is 17.0. The molecule has 3 nitrogen and oxygen atoms in total. The van der Waals surface area contributed by atoms with Crippen LogP contribution in [0, 0.1) is 0 Å². The highest BCUT2D eigenvalue weighted by molar-refractivity contribution is 5.82. The lowest BCUT2D eigenvalue weighted by Crippen LogP contribution is -2.19. The first-order chi connectivity index (χ1) is 8.24. The van der Waals surface area contributed by atoms with Crippen LogP contribution in [-0.4, -0.2) is 27.7 Å². The van der Waals surface area contributed by atoms with Crippen LogP contribution in [0.25, 0.3) is 10.9 Å². The van der Waals surface area contributed by atoms with Gasteiger partial charge in [-0.1, -0.05) is 0 Å². The third-order valence-electron chi connectivity index (χ3n) is 3.71. The van der Waals surface area contributed by atoms with Gasteiger partial charge < -0.3 is 9.67 Å². The Kier molecular flexibility index (Phi) is 2.56. The first-order valence-corrected chi connectivity index (χ1v) is 6.24. The third kappa shape index (κ3) is 1.91. The summed E-state index contributed by atoms with van der Waals surface area (Å²) in [6, 6.07) is 7.80. The number of aromatic hydroxyl groups is 1. The van der Waals surface area contributed by atoms with E-state index in [2.05, 4.69) is 22.6 Å². The number of likely N-dealkylation sites (tertiary alicyclic amines) is 1. The summed E-state index contributed by atoms with van der Waals surface area (Å²) in [6.45, 7) is 3.45. The van der Waals surface area contributed by atoms with E-state index in [1.54, 1.807) is 6.07 Å². The number of hydrogen-bond donors (Lipinski definition) is 1. The van der Waals surface area contributed by atoms with Crippen molar-refractivity contribution in [2.75, 3.05) is 13.1 Å². The molecule has 0 amide bonds. The molecule has 17 heavy (non-hydrogen) atoms. The van der Waals surface area contributed by atoms with Crippen LogP contribution in [0.2, 0.25) is 0 Å². The molecule has 1 saturated heterocycles. The maximum absolute atomic E-state index is 9.52. The molecule has 3 rings (SSSR count). The average Bonchev–Trinajstić information content (AvgIpc) is 2.91. The highest BCUT2D eigenvalue weighted by Crippen LogP contribution is 2.24. The van der Waals surface area contributed by atoms with Crippen LogP contribution >= 0.6 is 0 Å². The van der Waals surface area contributed by atoms with Crippen molar-refractivity contribution in [1.29, 1.82) is 0 Å². The minimum absolute atomic E-state index is 0.339. The molecule has 1 aliphatic rings. The molecule has 0 spiro atoms. The summed E-state index contributed by atoms with van der Waals surface area (Å²) in [6.07, 6.45) is 2.65. The Bertz CT molecular complexity index is 538. The molecular weight excluding hydrogens is 212 g/mol.